The highest BCUT2D eigenvalue weighted by atomic mass is 35.5. The van der Waals surface area contributed by atoms with Gasteiger partial charge in [-0.25, -0.2) is 8.42 Å². The number of rotatable bonds is 6. The minimum Gasteiger partial charge on any atom is -0.497 e. The third-order valence-electron chi connectivity index (χ3n) is 4.75. The number of benzene rings is 3. The van der Waals surface area contributed by atoms with E-state index in [-0.39, 0.29) is 16.2 Å². The fourth-order valence-corrected chi connectivity index (χ4v) is 5.64. The second-order valence-corrected chi connectivity index (χ2v) is 10.0. The Hall–Kier alpha value is -2.68. The topological polar surface area (TPSA) is 75.7 Å². The molecule has 1 aliphatic heterocycles. The van der Waals surface area contributed by atoms with E-state index in [0.717, 1.165) is 11.3 Å². The lowest BCUT2D eigenvalue weighted by atomic mass is 10.1. The highest BCUT2D eigenvalue weighted by Crippen LogP contribution is 2.43. The average Bonchev–Trinajstić information content (AvgIpc) is 3.15. The van der Waals surface area contributed by atoms with Crippen LogP contribution in [0.5, 0.6) is 5.75 Å². The molecule has 31 heavy (non-hydrogen) atoms. The van der Waals surface area contributed by atoms with Gasteiger partial charge in [-0.1, -0.05) is 29.8 Å². The van der Waals surface area contributed by atoms with Crippen LogP contribution in [0, 0.1) is 0 Å². The summed E-state index contributed by atoms with van der Waals surface area (Å²) in [5.41, 5.74) is 1.96. The molecule has 0 aromatic heterocycles. The number of nitrogens with one attached hydrogen (secondary N) is 1. The van der Waals surface area contributed by atoms with Gasteiger partial charge in [0.25, 0.3) is 10.0 Å². The molecule has 1 aliphatic rings. The Labute approximate surface area is 190 Å². The SMILES string of the molecule is COc1cccc(N2C(=O)CSC2c2cccc(NS(=O)(=O)c3ccc(Cl)cc3)c2)c1. The number of nitrogens with zero attached hydrogens (tertiary/aromatic N) is 1. The van der Waals surface area contributed by atoms with Gasteiger partial charge in [0.1, 0.15) is 11.1 Å². The molecule has 3 aromatic rings. The predicted octanol–water partition coefficient (Wildman–Crippen LogP) is 4.93. The van der Waals surface area contributed by atoms with Crippen LogP contribution in [0.1, 0.15) is 10.9 Å². The van der Waals surface area contributed by atoms with E-state index in [0.29, 0.717) is 22.2 Å². The summed E-state index contributed by atoms with van der Waals surface area (Å²) in [6.07, 6.45) is 0. The van der Waals surface area contributed by atoms with Crippen LogP contribution in [0.15, 0.2) is 77.7 Å². The fourth-order valence-electron chi connectivity index (χ4n) is 3.29. The van der Waals surface area contributed by atoms with Crippen LogP contribution in [0.3, 0.4) is 0 Å². The maximum atomic E-state index is 12.7. The predicted molar refractivity (Wildman–Crippen MR) is 124 cm³/mol. The minimum absolute atomic E-state index is 0.0181. The Morgan fingerprint density at radius 1 is 1.06 bits per heavy atom. The van der Waals surface area contributed by atoms with E-state index in [4.69, 9.17) is 16.3 Å². The number of thioether (sulfide) groups is 1. The van der Waals surface area contributed by atoms with Gasteiger partial charge in [0.2, 0.25) is 5.91 Å². The van der Waals surface area contributed by atoms with Crippen LogP contribution < -0.4 is 14.4 Å². The Balaban J connectivity index is 1.62. The summed E-state index contributed by atoms with van der Waals surface area (Å²) >= 11 is 7.34. The van der Waals surface area contributed by atoms with E-state index in [1.165, 1.54) is 36.0 Å². The molecule has 1 amide bonds. The summed E-state index contributed by atoms with van der Waals surface area (Å²) in [4.78, 5) is 14.5. The van der Waals surface area contributed by atoms with Crippen LogP contribution >= 0.6 is 23.4 Å². The van der Waals surface area contributed by atoms with Crippen molar-refractivity contribution in [3.05, 3.63) is 83.4 Å². The van der Waals surface area contributed by atoms with Crippen LogP contribution in [0.4, 0.5) is 11.4 Å². The van der Waals surface area contributed by atoms with Crippen molar-refractivity contribution in [1.29, 1.82) is 0 Å². The molecule has 1 fully saturated rings. The number of amides is 1. The normalized spacial score (nSPS) is 16.4. The van der Waals surface area contributed by atoms with Gasteiger partial charge in [-0.2, -0.15) is 0 Å². The molecule has 1 saturated heterocycles. The Kier molecular flexibility index (Phi) is 6.13. The number of sulfonamides is 1. The molecule has 0 aliphatic carbocycles. The lowest BCUT2D eigenvalue weighted by Gasteiger charge is -2.25. The van der Waals surface area contributed by atoms with Gasteiger partial charge in [0.05, 0.1) is 17.8 Å². The first-order chi connectivity index (χ1) is 14.9. The molecule has 6 nitrogen and oxygen atoms in total. The molecule has 1 atom stereocenters. The number of methoxy groups -OCH3 is 1. The van der Waals surface area contributed by atoms with Crippen molar-refractivity contribution in [2.24, 2.45) is 0 Å². The zero-order valence-corrected chi connectivity index (χ0v) is 18.9. The molecule has 0 bridgehead atoms. The summed E-state index contributed by atoms with van der Waals surface area (Å²) in [7, 11) is -2.19. The zero-order valence-electron chi connectivity index (χ0n) is 16.5. The van der Waals surface area contributed by atoms with Crippen molar-refractivity contribution in [2.75, 3.05) is 22.5 Å². The van der Waals surface area contributed by atoms with E-state index >= 15 is 0 Å². The molecule has 0 spiro atoms. The molecule has 3 aromatic carbocycles. The second kappa shape index (κ2) is 8.82. The lowest BCUT2D eigenvalue weighted by Crippen LogP contribution is -2.27. The van der Waals surface area contributed by atoms with Gasteiger partial charge >= 0.3 is 0 Å². The van der Waals surface area contributed by atoms with Gasteiger partial charge in [0, 0.05) is 22.5 Å². The summed E-state index contributed by atoms with van der Waals surface area (Å²) < 4.78 is 33.3. The number of anilines is 2. The third-order valence-corrected chi connectivity index (χ3v) is 7.61. The molecule has 0 saturated carbocycles. The molecule has 160 valence electrons. The first-order valence-electron chi connectivity index (χ1n) is 9.33. The second-order valence-electron chi connectivity index (χ2n) is 6.81. The van der Waals surface area contributed by atoms with E-state index < -0.39 is 10.0 Å². The molecule has 9 heteroatoms. The Bertz CT molecular complexity index is 1220. The Morgan fingerprint density at radius 2 is 1.81 bits per heavy atom. The number of carbonyl (C=O) groups is 1. The van der Waals surface area contributed by atoms with Gasteiger partial charge in [0.15, 0.2) is 0 Å². The van der Waals surface area contributed by atoms with Crippen molar-refractivity contribution in [1.82, 2.24) is 0 Å². The number of hydrogen-bond donors (Lipinski definition) is 1. The largest absolute Gasteiger partial charge is 0.497 e. The van der Waals surface area contributed by atoms with Crippen molar-refractivity contribution < 1.29 is 17.9 Å². The number of carbonyl (C=O) groups excluding carboxylic acids is 1. The summed E-state index contributed by atoms with van der Waals surface area (Å²) in [6, 6.07) is 20.3. The van der Waals surface area contributed by atoms with Gasteiger partial charge in [-0.3, -0.25) is 14.4 Å². The van der Waals surface area contributed by atoms with E-state index in [1.54, 1.807) is 30.2 Å². The molecule has 1 heterocycles. The molecular formula is C22H19ClN2O4S2. The Morgan fingerprint density at radius 3 is 2.55 bits per heavy atom. The van der Waals surface area contributed by atoms with Gasteiger partial charge in [-0.05, 0) is 54.1 Å². The van der Waals surface area contributed by atoms with E-state index in [1.807, 2.05) is 30.3 Å². The number of ether oxygens (including phenoxy) is 1. The van der Waals surface area contributed by atoms with E-state index in [2.05, 4.69) is 4.72 Å². The third kappa shape index (κ3) is 4.66. The molecule has 1 unspecified atom stereocenters. The highest BCUT2D eigenvalue weighted by molar-refractivity contribution is 8.00. The van der Waals surface area contributed by atoms with Crippen molar-refractivity contribution >= 4 is 50.7 Å². The molecular weight excluding hydrogens is 456 g/mol. The van der Waals surface area contributed by atoms with Crippen molar-refractivity contribution in [2.45, 2.75) is 10.3 Å². The maximum Gasteiger partial charge on any atom is 0.261 e. The first kappa shape index (κ1) is 21.5. The maximum absolute atomic E-state index is 12.7. The highest BCUT2D eigenvalue weighted by Gasteiger charge is 2.34. The standard InChI is InChI=1S/C22H19ClN2O4S2/c1-29-19-7-3-6-18(13-19)25-21(26)14-30-22(25)15-4-2-5-17(12-15)24-31(27,28)20-10-8-16(23)9-11-20/h2-13,22,24H,14H2,1H3. The molecule has 0 radical (unpaired) electrons. The van der Waals surface area contributed by atoms with Crippen LogP contribution in [0.25, 0.3) is 0 Å². The smallest absolute Gasteiger partial charge is 0.261 e. The molecule has 1 N–H and O–H groups in total. The zero-order chi connectivity index (χ0) is 22.0. The first-order valence-corrected chi connectivity index (χ1v) is 12.2. The average molecular weight is 475 g/mol. The fraction of sp³-hybridized carbons (Fsp3) is 0.136. The summed E-state index contributed by atoms with van der Waals surface area (Å²) in [5, 5.41) is 0.182. The molecule has 4 rings (SSSR count). The van der Waals surface area contributed by atoms with E-state index in [9.17, 15) is 13.2 Å². The van der Waals surface area contributed by atoms with Crippen molar-refractivity contribution in [3.8, 4) is 5.75 Å². The van der Waals surface area contributed by atoms with Crippen LogP contribution in [-0.4, -0.2) is 27.2 Å². The lowest BCUT2D eigenvalue weighted by molar-refractivity contribution is -0.115. The number of hydrogen-bond acceptors (Lipinski definition) is 5. The van der Waals surface area contributed by atoms with Crippen molar-refractivity contribution in [3.63, 3.8) is 0 Å². The minimum atomic E-state index is -3.77. The van der Waals surface area contributed by atoms with Gasteiger partial charge in [-0.15, -0.1) is 11.8 Å². The number of halogens is 1. The van der Waals surface area contributed by atoms with Crippen LogP contribution in [-0.2, 0) is 14.8 Å². The monoisotopic (exact) mass is 474 g/mol. The van der Waals surface area contributed by atoms with Crippen LogP contribution in [0.2, 0.25) is 5.02 Å². The summed E-state index contributed by atoms with van der Waals surface area (Å²) in [5.74, 6) is 0.976. The quantitative estimate of drug-likeness (QED) is 0.548. The summed E-state index contributed by atoms with van der Waals surface area (Å²) in [6.45, 7) is 0. The van der Waals surface area contributed by atoms with Gasteiger partial charge < -0.3 is 4.74 Å².